The first-order valence-electron chi connectivity index (χ1n) is 12.2. The summed E-state index contributed by atoms with van der Waals surface area (Å²) >= 11 is 0. The lowest BCUT2D eigenvalue weighted by molar-refractivity contribution is -0.123. The van der Waals surface area contributed by atoms with E-state index in [-0.39, 0.29) is 29.7 Å². The van der Waals surface area contributed by atoms with Crippen LogP contribution >= 0.6 is 0 Å². The number of benzene rings is 2. The Kier molecular flexibility index (Phi) is 7.48. The SMILES string of the molecule is COc1cc2c(cc1OC)C(c1ccc(F)cc1)N(C(=O)N[C@H](CC(C)C)C(=O)NC1CC1)CC2. The molecular formula is C27H34FN3O4. The first-order chi connectivity index (χ1) is 16.8. The Labute approximate surface area is 206 Å². The third-order valence-corrected chi connectivity index (χ3v) is 6.57. The molecule has 3 amide bonds. The number of nitrogens with zero attached hydrogens (tertiary/aromatic N) is 1. The summed E-state index contributed by atoms with van der Waals surface area (Å²) in [6.45, 7) is 4.50. The van der Waals surface area contributed by atoms with Gasteiger partial charge in [0.15, 0.2) is 11.5 Å². The molecule has 0 saturated heterocycles. The molecule has 0 radical (unpaired) electrons. The van der Waals surface area contributed by atoms with E-state index in [4.69, 9.17) is 9.47 Å². The van der Waals surface area contributed by atoms with E-state index in [1.807, 2.05) is 26.0 Å². The second-order valence-electron chi connectivity index (χ2n) is 9.72. The maximum absolute atomic E-state index is 13.7. The topological polar surface area (TPSA) is 79.9 Å². The maximum Gasteiger partial charge on any atom is 0.318 e. The summed E-state index contributed by atoms with van der Waals surface area (Å²) in [4.78, 5) is 28.2. The van der Waals surface area contributed by atoms with E-state index in [0.29, 0.717) is 30.9 Å². The summed E-state index contributed by atoms with van der Waals surface area (Å²) in [5.41, 5.74) is 2.70. The monoisotopic (exact) mass is 483 g/mol. The lowest BCUT2D eigenvalue weighted by Gasteiger charge is -2.39. The number of hydrogen-bond donors (Lipinski definition) is 2. The van der Waals surface area contributed by atoms with Gasteiger partial charge in [-0.05, 0) is 72.6 Å². The highest BCUT2D eigenvalue weighted by atomic mass is 19.1. The van der Waals surface area contributed by atoms with Gasteiger partial charge in [0.05, 0.1) is 20.3 Å². The summed E-state index contributed by atoms with van der Waals surface area (Å²) in [5, 5.41) is 6.00. The number of halogens is 1. The van der Waals surface area contributed by atoms with Crippen LogP contribution in [0.2, 0.25) is 0 Å². The molecular weight excluding hydrogens is 449 g/mol. The Morgan fingerprint density at radius 2 is 1.74 bits per heavy atom. The lowest BCUT2D eigenvalue weighted by Crippen LogP contribution is -2.54. The van der Waals surface area contributed by atoms with Gasteiger partial charge in [0, 0.05) is 12.6 Å². The minimum atomic E-state index is -0.622. The number of urea groups is 1. The standard InChI is InChI=1S/C27H34FN3O4/c1-16(2)13-22(26(32)29-20-9-10-20)30-27(33)31-12-11-18-14-23(34-3)24(35-4)15-21(18)25(31)17-5-7-19(28)8-6-17/h5-8,14-16,20,22,25H,9-13H2,1-4H3,(H,29,32)(H,30,33)/t22-,25?/m1/s1. The van der Waals surface area contributed by atoms with Crippen LogP contribution in [0, 0.1) is 11.7 Å². The second-order valence-corrected chi connectivity index (χ2v) is 9.72. The van der Waals surface area contributed by atoms with Crippen LogP contribution in [0.4, 0.5) is 9.18 Å². The molecule has 2 atom stereocenters. The van der Waals surface area contributed by atoms with Crippen molar-refractivity contribution in [3.8, 4) is 11.5 Å². The van der Waals surface area contributed by atoms with Crippen molar-refractivity contribution in [1.82, 2.24) is 15.5 Å². The van der Waals surface area contributed by atoms with Crippen LogP contribution in [-0.4, -0.2) is 49.7 Å². The van der Waals surface area contributed by atoms with E-state index in [1.165, 1.54) is 12.1 Å². The van der Waals surface area contributed by atoms with Gasteiger partial charge in [0.2, 0.25) is 5.91 Å². The van der Waals surface area contributed by atoms with Crippen molar-refractivity contribution in [1.29, 1.82) is 0 Å². The Morgan fingerprint density at radius 3 is 2.34 bits per heavy atom. The highest BCUT2D eigenvalue weighted by molar-refractivity contribution is 5.87. The average Bonchev–Trinajstić information content (AvgIpc) is 3.66. The molecule has 1 heterocycles. The Hall–Kier alpha value is -3.29. The second kappa shape index (κ2) is 10.5. The van der Waals surface area contributed by atoms with E-state index in [1.54, 1.807) is 31.3 Å². The molecule has 0 spiro atoms. The largest absolute Gasteiger partial charge is 0.493 e. The van der Waals surface area contributed by atoms with E-state index >= 15 is 0 Å². The molecule has 0 bridgehead atoms. The van der Waals surface area contributed by atoms with Crippen LogP contribution in [0.15, 0.2) is 36.4 Å². The molecule has 7 nitrogen and oxygen atoms in total. The van der Waals surface area contributed by atoms with Gasteiger partial charge in [0.25, 0.3) is 0 Å². The van der Waals surface area contributed by atoms with Crippen molar-refractivity contribution < 1.29 is 23.5 Å². The fourth-order valence-corrected chi connectivity index (χ4v) is 4.63. The van der Waals surface area contributed by atoms with Crippen LogP contribution in [-0.2, 0) is 11.2 Å². The number of methoxy groups -OCH3 is 2. The molecule has 8 heteroatoms. The van der Waals surface area contributed by atoms with Gasteiger partial charge in [-0.1, -0.05) is 26.0 Å². The smallest absolute Gasteiger partial charge is 0.318 e. The van der Waals surface area contributed by atoms with Crippen molar-refractivity contribution in [2.24, 2.45) is 5.92 Å². The first-order valence-corrected chi connectivity index (χ1v) is 12.2. The molecule has 1 unspecified atom stereocenters. The highest BCUT2D eigenvalue weighted by Crippen LogP contribution is 2.41. The third-order valence-electron chi connectivity index (χ3n) is 6.57. The number of nitrogens with one attached hydrogen (secondary N) is 2. The van der Waals surface area contributed by atoms with E-state index in [2.05, 4.69) is 10.6 Å². The normalized spacial score (nSPS) is 18.0. The quantitative estimate of drug-likeness (QED) is 0.590. The van der Waals surface area contributed by atoms with E-state index < -0.39 is 12.1 Å². The molecule has 2 aromatic carbocycles. The number of amides is 3. The molecule has 0 aromatic heterocycles. The summed E-state index contributed by atoms with van der Waals surface area (Å²) in [6, 6.07) is 8.79. The van der Waals surface area contributed by atoms with Crippen LogP contribution < -0.4 is 20.1 Å². The fraction of sp³-hybridized carbons (Fsp3) is 0.481. The van der Waals surface area contributed by atoms with Crippen LogP contribution in [0.1, 0.15) is 55.8 Å². The third kappa shape index (κ3) is 5.69. The fourth-order valence-electron chi connectivity index (χ4n) is 4.63. The molecule has 35 heavy (non-hydrogen) atoms. The summed E-state index contributed by atoms with van der Waals surface area (Å²) in [5.74, 6) is 0.924. The molecule has 188 valence electrons. The molecule has 1 aliphatic heterocycles. The number of carbonyl (C=O) groups is 2. The van der Waals surface area contributed by atoms with Crippen molar-refractivity contribution in [2.45, 2.75) is 57.7 Å². The lowest BCUT2D eigenvalue weighted by atomic mass is 9.87. The Balaban J connectivity index is 1.67. The van der Waals surface area contributed by atoms with Crippen molar-refractivity contribution in [3.05, 3.63) is 58.9 Å². The van der Waals surface area contributed by atoms with Crippen molar-refractivity contribution in [3.63, 3.8) is 0 Å². The molecule has 2 aliphatic rings. The predicted octanol–water partition coefficient (Wildman–Crippen LogP) is 4.19. The zero-order chi connectivity index (χ0) is 25.1. The summed E-state index contributed by atoms with van der Waals surface area (Å²) < 4.78 is 24.7. The van der Waals surface area contributed by atoms with Crippen LogP contribution in [0.5, 0.6) is 11.5 Å². The zero-order valence-corrected chi connectivity index (χ0v) is 20.8. The van der Waals surface area contributed by atoms with Crippen molar-refractivity contribution >= 4 is 11.9 Å². The predicted molar refractivity (Wildman–Crippen MR) is 131 cm³/mol. The zero-order valence-electron chi connectivity index (χ0n) is 20.8. The minimum Gasteiger partial charge on any atom is -0.493 e. The molecule has 4 rings (SSSR count). The average molecular weight is 484 g/mol. The Morgan fingerprint density at radius 1 is 1.09 bits per heavy atom. The van der Waals surface area contributed by atoms with Crippen LogP contribution in [0.3, 0.4) is 0 Å². The minimum absolute atomic E-state index is 0.142. The van der Waals surface area contributed by atoms with Gasteiger partial charge in [0.1, 0.15) is 11.9 Å². The molecule has 2 aromatic rings. The van der Waals surface area contributed by atoms with Gasteiger partial charge in [-0.25, -0.2) is 9.18 Å². The van der Waals surface area contributed by atoms with Crippen LogP contribution in [0.25, 0.3) is 0 Å². The van der Waals surface area contributed by atoms with Gasteiger partial charge < -0.3 is 25.0 Å². The number of hydrogen-bond acceptors (Lipinski definition) is 4. The van der Waals surface area contributed by atoms with E-state index in [9.17, 15) is 14.0 Å². The number of carbonyl (C=O) groups excluding carboxylic acids is 2. The Bertz CT molecular complexity index is 1070. The molecule has 2 N–H and O–H groups in total. The van der Waals surface area contributed by atoms with Gasteiger partial charge >= 0.3 is 6.03 Å². The molecule has 1 saturated carbocycles. The molecule has 1 aliphatic carbocycles. The van der Waals surface area contributed by atoms with Gasteiger partial charge in [-0.3, -0.25) is 4.79 Å². The number of ether oxygens (including phenoxy) is 2. The summed E-state index contributed by atoms with van der Waals surface area (Å²) in [7, 11) is 3.16. The molecule has 1 fully saturated rings. The van der Waals surface area contributed by atoms with E-state index in [0.717, 1.165) is 29.5 Å². The number of fused-ring (bicyclic) bond motifs is 1. The highest BCUT2D eigenvalue weighted by Gasteiger charge is 2.36. The van der Waals surface area contributed by atoms with Gasteiger partial charge in [-0.2, -0.15) is 0 Å². The van der Waals surface area contributed by atoms with Crippen molar-refractivity contribution in [2.75, 3.05) is 20.8 Å². The van der Waals surface area contributed by atoms with Gasteiger partial charge in [-0.15, -0.1) is 0 Å². The first kappa shape index (κ1) is 24.8. The maximum atomic E-state index is 13.7. The summed E-state index contributed by atoms with van der Waals surface area (Å²) in [6.07, 6.45) is 3.12. The number of rotatable bonds is 8.